The van der Waals surface area contributed by atoms with Crippen molar-refractivity contribution in [3.05, 3.63) is 0 Å². The van der Waals surface area contributed by atoms with Gasteiger partial charge in [0.1, 0.15) is 0 Å². The molecule has 16 heavy (non-hydrogen) atoms. The number of nitrogens with two attached hydrogens (primary N) is 1. The molecule has 94 valence electrons. The van der Waals surface area contributed by atoms with Crippen molar-refractivity contribution in [1.82, 2.24) is 9.80 Å². The number of carbonyl (C=O) groups is 1. The first-order valence-corrected chi connectivity index (χ1v) is 6.27. The van der Waals surface area contributed by atoms with Gasteiger partial charge in [0.05, 0.1) is 6.04 Å². The highest BCUT2D eigenvalue weighted by molar-refractivity contribution is 5.81. The minimum atomic E-state index is -0.318. The maximum absolute atomic E-state index is 11.9. The van der Waals surface area contributed by atoms with Gasteiger partial charge in [0.15, 0.2) is 0 Å². The summed E-state index contributed by atoms with van der Waals surface area (Å²) in [7, 11) is 3.99. The van der Waals surface area contributed by atoms with Crippen molar-refractivity contribution in [3.8, 4) is 0 Å². The number of hydrogen-bond donors (Lipinski definition) is 1. The van der Waals surface area contributed by atoms with Crippen LogP contribution < -0.4 is 5.73 Å². The number of hydrogen-bond acceptors (Lipinski definition) is 3. The maximum atomic E-state index is 11.9. The highest BCUT2D eigenvalue weighted by Gasteiger charge is 2.25. The summed E-state index contributed by atoms with van der Waals surface area (Å²) >= 11 is 0. The van der Waals surface area contributed by atoms with E-state index in [1.165, 1.54) is 12.8 Å². The van der Waals surface area contributed by atoms with Crippen molar-refractivity contribution in [2.45, 2.75) is 44.7 Å². The molecule has 1 fully saturated rings. The predicted molar refractivity (Wildman–Crippen MR) is 66.2 cm³/mol. The van der Waals surface area contributed by atoms with Crippen LogP contribution in [0.4, 0.5) is 0 Å². The molecule has 0 radical (unpaired) electrons. The van der Waals surface area contributed by atoms with E-state index in [0.717, 1.165) is 25.9 Å². The molecule has 2 atom stereocenters. The van der Waals surface area contributed by atoms with E-state index >= 15 is 0 Å². The summed E-state index contributed by atoms with van der Waals surface area (Å²) in [6, 6.07) is 0.199. The van der Waals surface area contributed by atoms with Crippen molar-refractivity contribution >= 4 is 5.91 Å². The zero-order valence-corrected chi connectivity index (χ0v) is 10.8. The first-order chi connectivity index (χ1) is 7.56. The fraction of sp³-hybridized carbons (Fsp3) is 0.917. The van der Waals surface area contributed by atoms with Crippen LogP contribution in [0.5, 0.6) is 0 Å². The Morgan fingerprint density at radius 1 is 1.62 bits per heavy atom. The van der Waals surface area contributed by atoms with Gasteiger partial charge >= 0.3 is 0 Å². The summed E-state index contributed by atoms with van der Waals surface area (Å²) in [6.45, 7) is 4.01. The largest absolute Gasteiger partial charge is 0.343 e. The summed E-state index contributed by atoms with van der Waals surface area (Å²) < 4.78 is 0. The highest BCUT2D eigenvalue weighted by atomic mass is 16.2. The summed E-state index contributed by atoms with van der Waals surface area (Å²) in [5, 5.41) is 0. The molecule has 0 aromatic carbocycles. The van der Waals surface area contributed by atoms with Gasteiger partial charge in [-0.05, 0) is 32.9 Å². The number of amides is 1. The summed E-state index contributed by atoms with van der Waals surface area (Å²) in [5.41, 5.74) is 5.83. The van der Waals surface area contributed by atoms with Crippen molar-refractivity contribution < 1.29 is 4.79 Å². The van der Waals surface area contributed by atoms with Crippen molar-refractivity contribution in [1.29, 1.82) is 0 Å². The Bertz CT molecular complexity index is 232. The van der Waals surface area contributed by atoms with E-state index in [-0.39, 0.29) is 11.9 Å². The summed E-state index contributed by atoms with van der Waals surface area (Å²) in [6.07, 6.45) is 4.18. The Kier molecular flexibility index (Phi) is 5.22. The average Bonchev–Trinajstić information content (AvgIpc) is 2.63. The lowest BCUT2D eigenvalue weighted by Gasteiger charge is -2.27. The zero-order chi connectivity index (χ0) is 12.1. The molecule has 0 bridgehead atoms. The van der Waals surface area contributed by atoms with Gasteiger partial charge in [-0.1, -0.05) is 13.3 Å². The van der Waals surface area contributed by atoms with E-state index in [0.29, 0.717) is 6.04 Å². The molecule has 0 aliphatic carbocycles. The number of carbonyl (C=O) groups excluding carboxylic acids is 1. The molecule has 1 aliphatic rings. The molecule has 1 saturated heterocycles. The van der Waals surface area contributed by atoms with Gasteiger partial charge in [0.2, 0.25) is 5.91 Å². The zero-order valence-electron chi connectivity index (χ0n) is 10.8. The van der Waals surface area contributed by atoms with Crippen LogP contribution >= 0.6 is 0 Å². The van der Waals surface area contributed by atoms with E-state index in [9.17, 15) is 4.79 Å². The van der Waals surface area contributed by atoms with Crippen LogP contribution in [-0.4, -0.2) is 55.0 Å². The lowest BCUT2D eigenvalue weighted by atomic mass is 10.1. The van der Waals surface area contributed by atoms with Gasteiger partial charge in [-0.2, -0.15) is 0 Å². The Labute approximate surface area is 98.8 Å². The second-order valence-corrected chi connectivity index (χ2v) is 4.89. The molecule has 4 heteroatoms. The van der Waals surface area contributed by atoms with Gasteiger partial charge in [-0.25, -0.2) is 0 Å². The van der Waals surface area contributed by atoms with Crippen LogP contribution in [0, 0.1) is 0 Å². The van der Waals surface area contributed by atoms with Gasteiger partial charge < -0.3 is 15.5 Å². The summed E-state index contributed by atoms with van der Waals surface area (Å²) in [5.74, 6) is 0.0853. The molecule has 4 nitrogen and oxygen atoms in total. The number of likely N-dealkylation sites (N-methyl/N-ethyl adjacent to an activating group) is 2. The van der Waals surface area contributed by atoms with E-state index in [4.69, 9.17) is 5.73 Å². The quantitative estimate of drug-likeness (QED) is 0.751. The third-order valence-electron chi connectivity index (χ3n) is 3.45. The lowest BCUT2D eigenvalue weighted by molar-refractivity contribution is -0.132. The molecule has 1 aliphatic heterocycles. The van der Waals surface area contributed by atoms with Crippen LogP contribution in [0.1, 0.15) is 32.6 Å². The minimum Gasteiger partial charge on any atom is -0.343 e. The fourth-order valence-electron chi connectivity index (χ4n) is 2.33. The smallest absolute Gasteiger partial charge is 0.239 e. The van der Waals surface area contributed by atoms with Crippen molar-refractivity contribution in [3.63, 3.8) is 0 Å². The number of rotatable bonds is 5. The summed E-state index contributed by atoms with van der Waals surface area (Å²) in [4.78, 5) is 16.0. The van der Waals surface area contributed by atoms with E-state index in [2.05, 4.69) is 18.9 Å². The Balaban J connectivity index is 2.38. The molecule has 0 spiro atoms. The van der Waals surface area contributed by atoms with Crippen molar-refractivity contribution in [2.75, 3.05) is 27.2 Å². The predicted octanol–water partition coefficient (Wildman–Crippen LogP) is 0.666. The molecule has 2 N–H and O–H groups in total. The maximum Gasteiger partial charge on any atom is 0.239 e. The molecular formula is C12H25N3O. The Morgan fingerprint density at radius 2 is 2.31 bits per heavy atom. The van der Waals surface area contributed by atoms with E-state index in [1.807, 2.05) is 7.05 Å². The van der Waals surface area contributed by atoms with Gasteiger partial charge in [0.25, 0.3) is 0 Å². The molecule has 1 unspecified atom stereocenters. The Morgan fingerprint density at radius 3 is 2.81 bits per heavy atom. The topological polar surface area (TPSA) is 49.6 Å². The van der Waals surface area contributed by atoms with Gasteiger partial charge in [-0.3, -0.25) is 4.79 Å². The van der Waals surface area contributed by atoms with E-state index < -0.39 is 0 Å². The monoisotopic (exact) mass is 227 g/mol. The standard InChI is InChI=1S/C12H25N3O/c1-4-6-11(13)12(16)15(3)9-10-7-5-8-14(10)2/h10-11H,4-9,13H2,1-3H3/t10?,11-/m1/s1. The molecule has 0 aromatic rings. The lowest BCUT2D eigenvalue weighted by Crippen LogP contribution is -2.46. The SMILES string of the molecule is CCC[C@@H](N)C(=O)N(C)CC1CCCN1C. The second kappa shape index (κ2) is 6.21. The molecule has 0 aromatic heterocycles. The minimum absolute atomic E-state index is 0.0853. The first kappa shape index (κ1) is 13.5. The normalized spacial score (nSPS) is 23.4. The third kappa shape index (κ3) is 3.46. The van der Waals surface area contributed by atoms with Crippen LogP contribution in [0.3, 0.4) is 0 Å². The molecule has 1 rings (SSSR count). The molecule has 1 amide bonds. The van der Waals surface area contributed by atoms with Crippen LogP contribution in [0.2, 0.25) is 0 Å². The van der Waals surface area contributed by atoms with Gasteiger partial charge in [-0.15, -0.1) is 0 Å². The highest BCUT2D eigenvalue weighted by Crippen LogP contribution is 2.15. The van der Waals surface area contributed by atoms with E-state index in [1.54, 1.807) is 4.90 Å². The van der Waals surface area contributed by atoms with Gasteiger partial charge in [0, 0.05) is 19.6 Å². The number of nitrogens with zero attached hydrogens (tertiary/aromatic N) is 2. The average molecular weight is 227 g/mol. The first-order valence-electron chi connectivity index (χ1n) is 6.27. The molecule has 1 heterocycles. The second-order valence-electron chi connectivity index (χ2n) is 4.89. The Hall–Kier alpha value is -0.610. The van der Waals surface area contributed by atoms with Crippen LogP contribution in [0.25, 0.3) is 0 Å². The van der Waals surface area contributed by atoms with Crippen LogP contribution in [-0.2, 0) is 4.79 Å². The molecular weight excluding hydrogens is 202 g/mol. The van der Waals surface area contributed by atoms with Crippen molar-refractivity contribution in [2.24, 2.45) is 5.73 Å². The van der Waals surface area contributed by atoms with Crippen LogP contribution in [0.15, 0.2) is 0 Å². The number of likely N-dealkylation sites (tertiary alicyclic amines) is 1. The fourth-order valence-corrected chi connectivity index (χ4v) is 2.33. The third-order valence-corrected chi connectivity index (χ3v) is 3.45. The molecule has 0 saturated carbocycles.